The lowest BCUT2D eigenvalue weighted by atomic mass is 10.0. The van der Waals surface area contributed by atoms with Crippen LogP contribution in [0.2, 0.25) is 0 Å². The first-order chi connectivity index (χ1) is 9.10. The Morgan fingerprint density at radius 1 is 1.53 bits per heavy atom. The summed E-state index contributed by atoms with van der Waals surface area (Å²) in [4.78, 5) is 14.0. The van der Waals surface area contributed by atoms with E-state index in [4.69, 9.17) is 10.00 Å². The normalized spacial score (nSPS) is 15.6. The van der Waals surface area contributed by atoms with Crippen molar-refractivity contribution in [2.45, 2.75) is 26.9 Å². The molecule has 2 heterocycles. The summed E-state index contributed by atoms with van der Waals surface area (Å²) in [6.45, 7) is 6.23. The van der Waals surface area contributed by atoms with Gasteiger partial charge in [0.25, 0.3) is 5.56 Å². The Bertz CT molecular complexity index is 580. The van der Waals surface area contributed by atoms with Crippen LogP contribution in [-0.2, 0) is 17.8 Å². The molecule has 0 bridgehead atoms. The number of rotatable bonds is 3. The molecule has 1 aromatic heterocycles. The third-order valence-corrected chi connectivity index (χ3v) is 3.45. The molecule has 1 fully saturated rings. The van der Waals surface area contributed by atoms with E-state index >= 15 is 0 Å². The molecule has 2 rings (SSSR count). The molecule has 0 atom stereocenters. The Morgan fingerprint density at radius 2 is 2.26 bits per heavy atom. The third kappa shape index (κ3) is 2.35. The molecule has 1 aliphatic heterocycles. The Balaban J connectivity index is 2.52. The largest absolute Gasteiger partial charge is 0.494 e. The summed E-state index contributed by atoms with van der Waals surface area (Å²) < 4.78 is 6.49. The van der Waals surface area contributed by atoms with Gasteiger partial charge in [0.05, 0.1) is 13.3 Å². The van der Waals surface area contributed by atoms with E-state index in [0.29, 0.717) is 37.6 Å². The molecule has 1 aromatic rings. The Labute approximate surface area is 111 Å². The summed E-state index contributed by atoms with van der Waals surface area (Å²) in [5, 5.41) is 19.3. The second-order valence-corrected chi connectivity index (χ2v) is 4.55. The van der Waals surface area contributed by atoms with Crippen LogP contribution in [0.15, 0.2) is 4.79 Å². The molecule has 19 heavy (non-hydrogen) atoms. The minimum Gasteiger partial charge on any atom is -0.494 e. The van der Waals surface area contributed by atoms with Crippen LogP contribution in [0.1, 0.15) is 23.6 Å². The average molecular weight is 263 g/mol. The van der Waals surface area contributed by atoms with Crippen molar-refractivity contribution in [1.82, 2.24) is 9.47 Å². The van der Waals surface area contributed by atoms with Gasteiger partial charge >= 0.3 is 0 Å². The summed E-state index contributed by atoms with van der Waals surface area (Å²) in [5.41, 5.74) is 0.862. The Kier molecular flexibility index (Phi) is 3.88. The Hall–Kier alpha value is -1.84. The van der Waals surface area contributed by atoms with Crippen LogP contribution in [0.3, 0.4) is 0 Å². The topological polar surface area (TPSA) is 78.5 Å². The van der Waals surface area contributed by atoms with Crippen molar-refractivity contribution in [3.63, 3.8) is 0 Å². The van der Waals surface area contributed by atoms with E-state index in [0.717, 1.165) is 6.54 Å². The van der Waals surface area contributed by atoms with E-state index in [1.165, 1.54) is 4.57 Å². The molecule has 0 radical (unpaired) electrons. The molecule has 102 valence electrons. The lowest BCUT2D eigenvalue weighted by Crippen LogP contribution is -2.27. The van der Waals surface area contributed by atoms with Gasteiger partial charge in [0, 0.05) is 25.2 Å². The highest BCUT2D eigenvalue weighted by Crippen LogP contribution is 2.23. The summed E-state index contributed by atoms with van der Waals surface area (Å²) in [6, 6.07) is 1.94. The number of aromatic nitrogens is 1. The van der Waals surface area contributed by atoms with Crippen molar-refractivity contribution in [1.29, 1.82) is 5.26 Å². The summed E-state index contributed by atoms with van der Waals surface area (Å²) in [6.07, 6.45) is 0. The maximum Gasteiger partial charge on any atom is 0.271 e. The van der Waals surface area contributed by atoms with Crippen molar-refractivity contribution in [2.75, 3.05) is 19.9 Å². The summed E-state index contributed by atoms with van der Waals surface area (Å²) >= 11 is 0. The van der Waals surface area contributed by atoms with Crippen LogP contribution in [0.4, 0.5) is 0 Å². The van der Waals surface area contributed by atoms with Crippen molar-refractivity contribution >= 4 is 0 Å². The van der Waals surface area contributed by atoms with Crippen molar-refractivity contribution in [3.05, 3.63) is 27.0 Å². The molecule has 6 nitrogen and oxygen atoms in total. The number of nitrogens with zero attached hydrogens (tertiary/aromatic N) is 3. The molecule has 0 amide bonds. The molecule has 1 saturated heterocycles. The molecule has 0 saturated carbocycles. The van der Waals surface area contributed by atoms with Gasteiger partial charge in [-0.15, -0.1) is 0 Å². The van der Waals surface area contributed by atoms with E-state index in [1.807, 2.05) is 11.0 Å². The van der Waals surface area contributed by atoms with Crippen LogP contribution in [0.25, 0.3) is 0 Å². The summed E-state index contributed by atoms with van der Waals surface area (Å²) in [5.74, 6) is -0.0455. The van der Waals surface area contributed by atoms with Crippen LogP contribution in [0, 0.1) is 18.3 Å². The molecule has 0 aromatic carbocycles. The first-order valence-corrected chi connectivity index (χ1v) is 6.25. The second-order valence-electron chi connectivity index (χ2n) is 4.55. The van der Waals surface area contributed by atoms with E-state index in [1.54, 1.807) is 13.8 Å². The number of ether oxygens (including phenoxy) is 1. The lowest BCUT2D eigenvalue weighted by Gasteiger charge is -2.19. The maximum atomic E-state index is 12.0. The average Bonchev–Trinajstić information content (AvgIpc) is 2.88. The smallest absolute Gasteiger partial charge is 0.271 e. The van der Waals surface area contributed by atoms with Gasteiger partial charge in [0.1, 0.15) is 11.6 Å². The minimum atomic E-state index is -0.429. The Morgan fingerprint density at radius 3 is 2.79 bits per heavy atom. The van der Waals surface area contributed by atoms with Gasteiger partial charge in [-0.25, -0.2) is 0 Å². The van der Waals surface area contributed by atoms with Crippen molar-refractivity contribution in [2.24, 2.45) is 0 Å². The highest BCUT2D eigenvalue weighted by molar-refractivity contribution is 5.45. The molecule has 0 aliphatic carbocycles. The van der Waals surface area contributed by atoms with Crippen LogP contribution >= 0.6 is 0 Å². The number of hydrogen-bond donors (Lipinski definition) is 1. The van der Waals surface area contributed by atoms with E-state index in [2.05, 4.69) is 0 Å². The van der Waals surface area contributed by atoms with Crippen LogP contribution in [0.5, 0.6) is 5.88 Å². The third-order valence-electron chi connectivity index (χ3n) is 3.45. The predicted octanol–water partition coefficient (Wildman–Crippen LogP) is 0.544. The highest BCUT2D eigenvalue weighted by Gasteiger charge is 2.21. The first-order valence-electron chi connectivity index (χ1n) is 6.25. The molecule has 0 spiro atoms. The predicted molar refractivity (Wildman–Crippen MR) is 68.7 cm³/mol. The van der Waals surface area contributed by atoms with Crippen molar-refractivity contribution < 1.29 is 9.84 Å². The molecular formula is C13H17N3O3. The monoisotopic (exact) mass is 263 g/mol. The quantitative estimate of drug-likeness (QED) is 0.861. The molecule has 1 aliphatic rings. The van der Waals surface area contributed by atoms with Gasteiger partial charge in [-0.05, 0) is 19.4 Å². The molecule has 0 unspecified atom stereocenters. The van der Waals surface area contributed by atoms with Crippen molar-refractivity contribution in [3.8, 4) is 11.9 Å². The molecular weight excluding hydrogens is 246 g/mol. The number of hydrogen-bond acceptors (Lipinski definition) is 5. The summed E-state index contributed by atoms with van der Waals surface area (Å²) in [7, 11) is 0. The highest BCUT2D eigenvalue weighted by atomic mass is 16.5. The van der Waals surface area contributed by atoms with Gasteiger partial charge in [0.2, 0.25) is 0 Å². The van der Waals surface area contributed by atoms with Gasteiger partial charge < -0.3 is 9.84 Å². The van der Waals surface area contributed by atoms with Gasteiger partial charge in [-0.1, -0.05) is 0 Å². The molecule has 6 heteroatoms. The van der Waals surface area contributed by atoms with Gasteiger partial charge in [-0.3, -0.25) is 14.3 Å². The fourth-order valence-electron chi connectivity index (χ4n) is 2.29. The van der Waals surface area contributed by atoms with Gasteiger partial charge in [-0.2, -0.15) is 5.26 Å². The zero-order chi connectivity index (χ0) is 14.0. The fourth-order valence-corrected chi connectivity index (χ4v) is 2.29. The number of pyridine rings is 1. The number of aromatic hydroxyl groups is 1. The van der Waals surface area contributed by atoms with E-state index < -0.39 is 5.56 Å². The zero-order valence-corrected chi connectivity index (χ0v) is 11.1. The standard InChI is InChI=1S/C13H17N3O3/c1-3-16-12(17)10(6-14)9(2)11(13(16)18)7-15-4-5-19-8-15/h18H,3-5,7-8H2,1-2H3. The molecule has 1 N–H and O–H groups in total. The fraction of sp³-hybridized carbons (Fsp3) is 0.538. The van der Waals surface area contributed by atoms with Crippen LogP contribution in [-0.4, -0.2) is 34.5 Å². The zero-order valence-electron chi connectivity index (χ0n) is 11.1. The van der Waals surface area contributed by atoms with E-state index in [9.17, 15) is 9.90 Å². The minimum absolute atomic E-state index is 0.0455. The first kappa shape index (κ1) is 13.6. The lowest BCUT2D eigenvalue weighted by molar-refractivity contribution is 0.136. The van der Waals surface area contributed by atoms with E-state index in [-0.39, 0.29) is 11.4 Å². The maximum absolute atomic E-state index is 12.0. The second kappa shape index (κ2) is 5.43. The van der Waals surface area contributed by atoms with Crippen LogP contribution < -0.4 is 5.56 Å². The van der Waals surface area contributed by atoms with Gasteiger partial charge in [0.15, 0.2) is 5.88 Å². The number of nitriles is 1. The SMILES string of the molecule is CCn1c(O)c(CN2CCOC2)c(C)c(C#N)c1=O.